The van der Waals surface area contributed by atoms with E-state index in [0.717, 1.165) is 38.5 Å². The van der Waals surface area contributed by atoms with Crippen LogP contribution in [0, 0.1) is 0 Å². The van der Waals surface area contributed by atoms with E-state index in [1.807, 2.05) is 0 Å². The van der Waals surface area contributed by atoms with Crippen molar-refractivity contribution < 1.29 is 28.9 Å². The summed E-state index contributed by atoms with van der Waals surface area (Å²) in [6.45, 7) is 6.03. The molecule has 0 heterocycles. The molecule has 6 nitrogen and oxygen atoms in total. The van der Waals surface area contributed by atoms with Crippen LogP contribution >= 0.6 is 7.60 Å². The highest BCUT2D eigenvalue weighted by Crippen LogP contribution is 2.46. The smallest absolute Gasteiger partial charge is 0.328 e. The molecule has 0 aliphatic carbocycles. The Labute approximate surface area is 261 Å². The lowest BCUT2D eigenvalue weighted by molar-refractivity contribution is -0.0437. The molecule has 7 heteroatoms. The molecule has 0 saturated heterocycles. The van der Waals surface area contributed by atoms with Crippen LogP contribution in [0.25, 0.3) is 0 Å². The first-order chi connectivity index (χ1) is 20.5. The van der Waals surface area contributed by atoms with Gasteiger partial charge in [-0.25, -0.2) is 0 Å². The summed E-state index contributed by atoms with van der Waals surface area (Å²) in [6.07, 6.45) is 31.9. The van der Waals surface area contributed by atoms with Gasteiger partial charge in [0.25, 0.3) is 0 Å². The normalized spacial score (nSPS) is 13.5. The Morgan fingerprint density at radius 2 is 0.881 bits per heavy atom. The van der Waals surface area contributed by atoms with Gasteiger partial charge in [-0.15, -0.1) is 0 Å². The maximum Gasteiger partial charge on any atom is 0.328 e. The molecule has 0 aromatic carbocycles. The van der Waals surface area contributed by atoms with Gasteiger partial charge in [-0.3, -0.25) is 4.57 Å². The van der Waals surface area contributed by atoms with Gasteiger partial charge in [-0.05, 0) is 25.7 Å². The first-order valence-corrected chi connectivity index (χ1v) is 20.0. The number of hydrogen-bond acceptors (Lipinski definition) is 4. The van der Waals surface area contributed by atoms with E-state index in [-0.39, 0.29) is 12.7 Å². The standard InChI is InChI=1S/C35H73O6P/c1-3-5-7-9-11-13-14-15-16-17-19-21-23-26-30-40-33-34(32-36)41-31-27-25-29-35(42(37,38)39)28-24-22-20-18-12-10-8-6-4-2/h34-36H,3-33H2,1-2H3,(H2,37,38,39). The van der Waals surface area contributed by atoms with Gasteiger partial charge in [-0.2, -0.15) is 0 Å². The first-order valence-electron chi connectivity index (χ1n) is 18.3. The number of unbranched alkanes of at least 4 members (excludes halogenated alkanes) is 22. The van der Waals surface area contributed by atoms with Gasteiger partial charge in [0.05, 0.1) is 18.9 Å². The molecule has 0 radical (unpaired) electrons. The van der Waals surface area contributed by atoms with Crippen LogP contribution in [0.15, 0.2) is 0 Å². The molecule has 0 bridgehead atoms. The summed E-state index contributed by atoms with van der Waals surface area (Å²) in [5.74, 6) is 0. The maximum absolute atomic E-state index is 12.0. The second kappa shape index (κ2) is 32.4. The van der Waals surface area contributed by atoms with Crippen molar-refractivity contribution in [3.63, 3.8) is 0 Å². The minimum atomic E-state index is -4.07. The van der Waals surface area contributed by atoms with Crippen LogP contribution < -0.4 is 0 Å². The quantitative estimate of drug-likeness (QED) is 0.0482. The molecule has 0 fully saturated rings. The fourth-order valence-corrected chi connectivity index (χ4v) is 6.71. The summed E-state index contributed by atoms with van der Waals surface area (Å²) < 4.78 is 23.5. The van der Waals surface area contributed by atoms with E-state index in [2.05, 4.69) is 13.8 Å². The third-order valence-corrected chi connectivity index (χ3v) is 10.0. The summed E-state index contributed by atoms with van der Waals surface area (Å²) in [4.78, 5) is 19.6. The van der Waals surface area contributed by atoms with Crippen LogP contribution in [0.2, 0.25) is 0 Å². The van der Waals surface area contributed by atoms with E-state index in [1.165, 1.54) is 122 Å². The molecule has 0 saturated carbocycles. The third kappa shape index (κ3) is 30.1. The van der Waals surface area contributed by atoms with E-state index in [1.54, 1.807) is 0 Å². The molecular weight excluding hydrogens is 547 g/mol. The van der Waals surface area contributed by atoms with Crippen molar-refractivity contribution in [2.75, 3.05) is 26.4 Å². The minimum Gasteiger partial charge on any atom is -0.394 e. The molecule has 0 aromatic rings. The van der Waals surface area contributed by atoms with E-state index in [9.17, 15) is 19.5 Å². The number of aliphatic hydroxyl groups excluding tert-OH is 1. The molecule has 0 spiro atoms. The van der Waals surface area contributed by atoms with Crippen LogP contribution in [-0.2, 0) is 14.0 Å². The van der Waals surface area contributed by atoms with Crippen molar-refractivity contribution in [1.82, 2.24) is 0 Å². The second-order valence-corrected chi connectivity index (χ2v) is 14.6. The first kappa shape index (κ1) is 42.0. The van der Waals surface area contributed by atoms with Crippen molar-refractivity contribution in [3.05, 3.63) is 0 Å². The fraction of sp³-hybridized carbons (Fsp3) is 1.00. The monoisotopic (exact) mass is 621 g/mol. The lowest BCUT2D eigenvalue weighted by atomic mass is 10.0. The summed E-state index contributed by atoms with van der Waals surface area (Å²) in [5.41, 5.74) is -0.538. The van der Waals surface area contributed by atoms with Crippen molar-refractivity contribution in [2.24, 2.45) is 0 Å². The average molecular weight is 621 g/mol. The number of aliphatic hydroxyl groups is 1. The summed E-state index contributed by atoms with van der Waals surface area (Å²) in [6, 6.07) is 0. The lowest BCUT2D eigenvalue weighted by Crippen LogP contribution is -2.25. The summed E-state index contributed by atoms with van der Waals surface area (Å²) in [7, 11) is -4.07. The van der Waals surface area contributed by atoms with Crippen molar-refractivity contribution >= 4 is 7.60 Å². The van der Waals surface area contributed by atoms with E-state index in [4.69, 9.17) is 9.47 Å². The summed E-state index contributed by atoms with van der Waals surface area (Å²) >= 11 is 0. The average Bonchev–Trinajstić information content (AvgIpc) is 2.97. The van der Waals surface area contributed by atoms with Gasteiger partial charge in [0.15, 0.2) is 0 Å². The van der Waals surface area contributed by atoms with Crippen molar-refractivity contribution in [3.8, 4) is 0 Å². The van der Waals surface area contributed by atoms with E-state index < -0.39 is 13.3 Å². The molecule has 3 N–H and O–H groups in total. The van der Waals surface area contributed by atoms with Crippen molar-refractivity contribution in [1.29, 1.82) is 0 Å². The Bertz CT molecular complexity index is 570. The van der Waals surface area contributed by atoms with Gasteiger partial charge < -0.3 is 24.4 Å². The third-order valence-electron chi connectivity index (χ3n) is 8.55. The van der Waals surface area contributed by atoms with E-state index in [0.29, 0.717) is 32.7 Å². The SMILES string of the molecule is CCCCCCCCCCCCCCCCOCC(CO)OCCCCC(CCCCCCCCCCC)P(=O)(O)O. The molecule has 0 aromatic heterocycles. The fourth-order valence-electron chi connectivity index (χ4n) is 5.67. The number of rotatable bonds is 35. The topological polar surface area (TPSA) is 96.2 Å². The molecule has 0 amide bonds. The molecule has 0 rings (SSSR count). The Balaban J connectivity index is 3.66. The van der Waals surface area contributed by atoms with Gasteiger partial charge >= 0.3 is 7.60 Å². The highest BCUT2D eigenvalue weighted by Gasteiger charge is 2.27. The Hall–Kier alpha value is 0.0300. The highest BCUT2D eigenvalue weighted by atomic mass is 31.2. The predicted octanol–water partition coefficient (Wildman–Crippen LogP) is 10.5. The van der Waals surface area contributed by atoms with Gasteiger partial charge in [0.2, 0.25) is 0 Å². The number of ether oxygens (including phenoxy) is 2. The Kier molecular flexibility index (Phi) is 32.4. The molecule has 2 unspecified atom stereocenters. The zero-order valence-electron chi connectivity index (χ0n) is 28.1. The number of hydrogen-bond donors (Lipinski definition) is 3. The predicted molar refractivity (Wildman–Crippen MR) is 179 cm³/mol. The molecule has 42 heavy (non-hydrogen) atoms. The molecule has 2 atom stereocenters. The molecular formula is C35H73O6P. The van der Waals surface area contributed by atoms with Crippen LogP contribution in [0.1, 0.15) is 187 Å². The van der Waals surface area contributed by atoms with Crippen molar-refractivity contribution in [2.45, 2.75) is 199 Å². The molecule has 254 valence electrons. The lowest BCUT2D eigenvalue weighted by Gasteiger charge is -2.19. The molecule has 0 aliphatic rings. The minimum absolute atomic E-state index is 0.0670. The largest absolute Gasteiger partial charge is 0.394 e. The maximum atomic E-state index is 12.0. The second-order valence-electron chi connectivity index (χ2n) is 12.7. The summed E-state index contributed by atoms with van der Waals surface area (Å²) in [5, 5.41) is 9.61. The zero-order valence-corrected chi connectivity index (χ0v) is 29.0. The van der Waals surface area contributed by atoms with Gasteiger partial charge in [-0.1, -0.05) is 162 Å². The van der Waals surface area contributed by atoms with Gasteiger partial charge in [0.1, 0.15) is 6.10 Å². The molecule has 0 aliphatic heterocycles. The Morgan fingerprint density at radius 1 is 0.524 bits per heavy atom. The Morgan fingerprint density at radius 3 is 1.29 bits per heavy atom. The van der Waals surface area contributed by atoms with Crippen LogP contribution in [0.5, 0.6) is 0 Å². The van der Waals surface area contributed by atoms with Crippen LogP contribution in [0.4, 0.5) is 0 Å². The zero-order chi connectivity index (χ0) is 31.0. The van der Waals surface area contributed by atoms with Gasteiger partial charge in [0, 0.05) is 13.2 Å². The van der Waals surface area contributed by atoms with Crippen LogP contribution in [-0.4, -0.2) is 53.1 Å². The van der Waals surface area contributed by atoms with E-state index >= 15 is 0 Å². The highest BCUT2D eigenvalue weighted by molar-refractivity contribution is 7.52. The van der Waals surface area contributed by atoms with Crippen LogP contribution in [0.3, 0.4) is 0 Å².